The van der Waals surface area contributed by atoms with Crippen molar-refractivity contribution >= 4 is 11.8 Å². The van der Waals surface area contributed by atoms with Crippen molar-refractivity contribution in [3.8, 4) is 0 Å². The molecule has 0 saturated carbocycles. The fourth-order valence-corrected chi connectivity index (χ4v) is 3.42. The Hall–Kier alpha value is -1.98. The van der Waals surface area contributed by atoms with E-state index in [-0.39, 0.29) is 39.4 Å². The van der Waals surface area contributed by atoms with Gasteiger partial charge in [-0.05, 0) is 39.5 Å². The summed E-state index contributed by atoms with van der Waals surface area (Å²) in [6, 6.07) is 4.64. The Morgan fingerprint density at radius 2 is 1.19 bits per heavy atom. The Balaban J connectivity index is 0.00000113. The quantitative estimate of drug-likeness (QED) is 0.251. The third-order valence-electron chi connectivity index (χ3n) is 5.88. The Morgan fingerprint density at radius 1 is 0.871 bits per heavy atom. The van der Waals surface area contributed by atoms with Crippen LogP contribution in [0.2, 0.25) is 0 Å². The van der Waals surface area contributed by atoms with Crippen LogP contribution in [-0.2, 0) is 36.8 Å². The van der Waals surface area contributed by atoms with Gasteiger partial charge in [0, 0.05) is 10.8 Å². The molecule has 0 amide bonds. The van der Waals surface area contributed by atoms with Gasteiger partial charge in [0.1, 0.15) is 13.2 Å². The van der Waals surface area contributed by atoms with Gasteiger partial charge in [-0.2, -0.15) is 0 Å². The second-order valence-corrected chi connectivity index (χ2v) is 9.67. The maximum absolute atomic E-state index is 6.75. The summed E-state index contributed by atoms with van der Waals surface area (Å²) in [5.41, 5.74) is 14.8. The topological polar surface area (TPSA) is 116 Å². The molecule has 0 saturated heterocycles. The zero-order valence-corrected chi connectivity index (χ0v) is 20.7. The number of aromatic nitrogens is 1. The molecule has 31 heavy (non-hydrogen) atoms. The number of hydrogen-bond acceptors (Lipinski definition) is 4. The van der Waals surface area contributed by atoms with Gasteiger partial charge in [0.15, 0.2) is 11.8 Å². The van der Waals surface area contributed by atoms with E-state index in [1.165, 1.54) is 4.91 Å². The van der Waals surface area contributed by atoms with Gasteiger partial charge in [-0.1, -0.05) is 39.8 Å². The molecule has 3 heterocycles. The van der Waals surface area contributed by atoms with Gasteiger partial charge < -0.3 is 25.5 Å². The van der Waals surface area contributed by atoms with Crippen molar-refractivity contribution in [2.45, 2.75) is 78.3 Å². The van der Waals surface area contributed by atoms with Crippen molar-refractivity contribution in [2.24, 2.45) is 21.8 Å². The van der Waals surface area contributed by atoms with Crippen LogP contribution in [0.1, 0.15) is 66.8 Å². The van der Waals surface area contributed by atoms with E-state index in [4.69, 9.17) is 35.5 Å². The molecule has 0 aliphatic carbocycles. The van der Waals surface area contributed by atoms with Crippen molar-refractivity contribution in [1.82, 2.24) is 4.98 Å². The van der Waals surface area contributed by atoms with E-state index in [0.29, 0.717) is 25.0 Å². The van der Waals surface area contributed by atoms with Crippen LogP contribution in [0.25, 0.3) is 16.0 Å². The summed E-state index contributed by atoms with van der Waals surface area (Å²) in [5, 5.41) is 0. The molecule has 0 aromatic carbocycles. The van der Waals surface area contributed by atoms with Crippen molar-refractivity contribution in [2.75, 3.05) is 13.2 Å². The minimum Gasteiger partial charge on any atom is -0.663 e. The first kappa shape index (κ1) is 27.1. The molecule has 0 bridgehead atoms. The number of nitrogens with zero attached hydrogens (tertiary/aromatic N) is 6. The average Bonchev–Trinajstić information content (AvgIpc) is 3.42. The summed E-state index contributed by atoms with van der Waals surface area (Å²) in [6.45, 7) is 18.6. The summed E-state index contributed by atoms with van der Waals surface area (Å²) < 4.78 is 11.9. The molecule has 2 atom stereocenters. The third kappa shape index (κ3) is 5.84. The molecule has 8 nitrogen and oxygen atoms in total. The normalized spacial score (nSPS) is 20.7. The molecule has 0 unspecified atom stereocenters. The van der Waals surface area contributed by atoms with Crippen LogP contribution in [-0.4, -0.2) is 37.1 Å². The smallest absolute Gasteiger partial charge is 0.663 e. The Labute approximate surface area is 195 Å². The number of ether oxygens (including phenoxy) is 2. The van der Waals surface area contributed by atoms with Gasteiger partial charge in [-0.15, -0.1) is 11.4 Å². The molecule has 174 valence electrons. The van der Waals surface area contributed by atoms with E-state index in [9.17, 15) is 0 Å². The van der Waals surface area contributed by atoms with Crippen molar-refractivity contribution in [3.05, 3.63) is 39.5 Å². The summed E-state index contributed by atoms with van der Waals surface area (Å²) >= 11 is 0. The van der Waals surface area contributed by atoms with Crippen molar-refractivity contribution < 1.29 is 26.0 Å². The molecule has 0 spiro atoms. The summed E-state index contributed by atoms with van der Waals surface area (Å²) in [4.78, 5) is 16.1. The van der Waals surface area contributed by atoms with Gasteiger partial charge in [-0.3, -0.25) is 4.91 Å². The first-order chi connectivity index (χ1) is 13.9. The second-order valence-electron chi connectivity index (χ2n) is 9.67. The minimum atomic E-state index is -0.350. The number of aliphatic imine (C=N–C) groups is 2. The van der Waals surface area contributed by atoms with E-state index in [0.717, 1.165) is 23.2 Å². The fourth-order valence-electron chi connectivity index (χ4n) is 3.42. The predicted octanol–water partition coefficient (Wildman–Crippen LogP) is 4.97. The fraction of sp³-hybridized carbons (Fsp3) is 0.727. The van der Waals surface area contributed by atoms with E-state index >= 15 is 0 Å². The van der Waals surface area contributed by atoms with Crippen molar-refractivity contribution in [1.29, 1.82) is 0 Å². The molecule has 1 aromatic rings. The van der Waals surface area contributed by atoms with E-state index in [2.05, 4.69) is 67.5 Å². The van der Waals surface area contributed by atoms with E-state index in [1.54, 1.807) is 0 Å². The molecule has 2 aliphatic rings. The summed E-state index contributed by atoms with van der Waals surface area (Å²) in [7, 11) is 0. The molecule has 1 aromatic heterocycles. The molecule has 0 N–H and O–H groups in total. The Morgan fingerprint density at radius 3 is 1.45 bits per heavy atom. The van der Waals surface area contributed by atoms with Crippen LogP contribution in [0.15, 0.2) is 22.1 Å². The molecule has 3 rings (SSSR count). The van der Waals surface area contributed by atoms with Crippen LogP contribution >= 0.6 is 0 Å². The van der Waals surface area contributed by atoms with Crippen LogP contribution in [0.5, 0.6) is 0 Å². The third-order valence-corrected chi connectivity index (χ3v) is 5.88. The van der Waals surface area contributed by atoms with E-state index < -0.39 is 0 Å². The van der Waals surface area contributed by atoms with Gasteiger partial charge in [0.05, 0.1) is 12.1 Å². The monoisotopic (exact) mass is 472 g/mol. The Kier molecular flexibility index (Phi) is 9.22. The maximum atomic E-state index is 6.75. The molecular formula is C22H34N6NiO2. The molecule has 2 aliphatic heterocycles. The number of rotatable bonds is 6. The first-order valence-corrected chi connectivity index (χ1v) is 10.5. The molecule has 9 heteroatoms. The maximum Gasteiger partial charge on any atom is 2.00 e. The van der Waals surface area contributed by atoms with Gasteiger partial charge >= 0.3 is 16.5 Å². The minimum absolute atomic E-state index is 0. The van der Waals surface area contributed by atoms with Gasteiger partial charge in [0.2, 0.25) is 0 Å². The molecular weight excluding hydrogens is 439 g/mol. The number of hydrogen-bond donors (Lipinski definition) is 0. The second kappa shape index (κ2) is 10.6. The average molecular weight is 473 g/mol. The predicted molar refractivity (Wildman–Crippen MR) is 120 cm³/mol. The SMILES string of the molecule is CC(C)[C@H]1COC(C(C)(C)c2ccc(C(C)(C)C3=N[C@@H](C(C)C)CO3)[n-]2)=N1.[N-]=[N+]=[N-].[Ni+2]. The largest absolute Gasteiger partial charge is 2.00 e. The van der Waals surface area contributed by atoms with Crippen LogP contribution < -0.4 is 4.98 Å². The first-order valence-electron chi connectivity index (χ1n) is 10.5. The van der Waals surface area contributed by atoms with Gasteiger partial charge in [-0.25, -0.2) is 9.98 Å². The van der Waals surface area contributed by atoms with Gasteiger partial charge in [0.25, 0.3) is 0 Å². The van der Waals surface area contributed by atoms with E-state index in [1.807, 2.05) is 0 Å². The summed E-state index contributed by atoms with van der Waals surface area (Å²) in [5.74, 6) is 2.54. The molecule has 0 fully saturated rings. The summed E-state index contributed by atoms with van der Waals surface area (Å²) in [6.07, 6.45) is 0. The standard InChI is InChI=1S/C22H34N3O2.N3.Ni/c1-13(2)15-11-26-19(23-15)21(5,6)17-9-10-18(25-17)22(7,8)20-24-16(12-27-20)14(3)4;1-3-2;/h9-10,13-16H,11-12H2,1-8H3;;/q2*-1;+2/t15-,16-;;/m1../s1. The Bertz CT molecular complexity index is 774. The van der Waals surface area contributed by atoms with Crippen LogP contribution in [0.4, 0.5) is 0 Å². The van der Waals surface area contributed by atoms with Crippen LogP contribution in [0.3, 0.4) is 0 Å². The zero-order chi connectivity index (χ0) is 22.7. The van der Waals surface area contributed by atoms with Crippen molar-refractivity contribution in [3.63, 3.8) is 0 Å². The molecule has 0 radical (unpaired) electrons. The van der Waals surface area contributed by atoms with Crippen LogP contribution in [0, 0.1) is 11.8 Å². The zero-order valence-electron chi connectivity index (χ0n) is 19.7.